The van der Waals surface area contributed by atoms with Gasteiger partial charge in [-0.15, -0.1) is 11.3 Å². The molecular formula is C16H10BrN3OS2. The maximum atomic E-state index is 12.5. The molecule has 0 N–H and O–H groups in total. The molecule has 4 nitrogen and oxygen atoms in total. The van der Waals surface area contributed by atoms with E-state index in [1.807, 2.05) is 41.9 Å². The van der Waals surface area contributed by atoms with Gasteiger partial charge in [-0.1, -0.05) is 27.3 Å². The monoisotopic (exact) mass is 403 g/mol. The fourth-order valence-electron chi connectivity index (χ4n) is 2.35. The van der Waals surface area contributed by atoms with Crippen molar-refractivity contribution >= 4 is 64.9 Å². The number of thiazole rings is 2. The Labute approximate surface area is 147 Å². The fraction of sp³-hybridized carbons (Fsp3) is 0.0625. The summed E-state index contributed by atoms with van der Waals surface area (Å²) in [5.41, 5.74) is 4.33. The van der Waals surface area contributed by atoms with Crippen molar-refractivity contribution in [3.63, 3.8) is 0 Å². The quantitative estimate of drug-likeness (QED) is 0.474. The van der Waals surface area contributed by atoms with E-state index in [0.29, 0.717) is 10.4 Å². The number of hydrogen-bond donors (Lipinski definition) is 0. The summed E-state index contributed by atoms with van der Waals surface area (Å²) in [5.74, 6) is -0.235. The van der Waals surface area contributed by atoms with Crippen LogP contribution in [0.2, 0.25) is 0 Å². The highest BCUT2D eigenvalue weighted by molar-refractivity contribution is 9.10. The van der Waals surface area contributed by atoms with Crippen LogP contribution >= 0.6 is 38.6 Å². The Morgan fingerprint density at radius 3 is 2.96 bits per heavy atom. The zero-order chi connectivity index (χ0) is 16.0. The van der Waals surface area contributed by atoms with E-state index in [0.717, 1.165) is 24.9 Å². The molecule has 0 aliphatic rings. The van der Waals surface area contributed by atoms with Gasteiger partial charge in [0.25, 0.3) is 5.91 Å². The molecule has 4 aromatic rings. The number of amides is 1. The Bertz CT molecular complexity index is 1120. The number of rotatable bonds is 1. The normalized spacial score (nSPS) is 12.3. The van der Waals surface area contributed by atoms with Crippen molar-refractivity contribution < 1.29 is 4.79 Å². The van der Waals surface area contributed by atoms with Crippen LogP contribution in [-0.2, 0) is 7.05 Å². The van der Waals surface area contributed by atoms with Crippen molar-refractivity contribution in [3.05, 3.63) is 56.7 Å². The van der Waals surface area contributed by atoms with E-state index in [1.54, 1.807) is 11.6 Å². The lowest BCUT2D eigenvalue weighted by Gasteiger charge is -1.96. The van der Waals surface area contributed by atoms with Gasteiger partial charge in [-0.05, 0) is 36.4 Å². The van der Waals surface area contributed by atoms with Crippen LogP contribution in [0.4, 0.5) is 0 Å². The summed E-state index contributed by atoms with van der Waals surface area (Å²) in [7, 11) is 1.92. The molecule has 0 unspecified atom stereocenters. The molecule has 0 saturated heterocycles. The van der Waals surface area contributed by atoms with Crippen LogP contribution in [-0.4, -0.2) is 15.5 Å². The van der Waals surface area contributed by atoms with Gasteiger partial charge in [0.05, 0.1) is 25.9 Å². The minimum absolute atomic E-state index is 0.235. The Balaban J connectivity index is 1.82. The average Bonchev–Trinajstić information content (AvgIpc) is 3.11. The average molecular weight is 404 g/mol. The van der Waals surface area contributed by atoms with E-state index in [9.17, 15) is 4.79 Å². The van der Waals surface area contributed by atoms with Gasteiger partial charge >= 0.3 is 0 Å². The Kier molecular flexibility index (Phi) is 3.63. The van der Waals surface area contributed by atoms with Crippen molar-refractivity contribution in [2.24, 2.45) is 12.0 Å². The topological polar surface area (TPSA) is 47.2 Å². The number of carbonyl (C=O) groups excluding carboxylic acids is 1. The summed E-state index contributed by atoms with van der Waals surface area (Å²) in [6.45, 7) is 0. The van der Waals surface area contributed by atoms with E-state index >= 15 is 0 Å². The molecule has 7 heteroatoms. The first-order chi connectivity index (χ1) is 11.1. The van der Waals surface area contributed by atoms with Crippen molar-refractivity contribution in [1.82, 2.24) is 9.55 Å². The molecule has 2 aromatic heterocycles. The number of benzene rings is 2. The molecule has 0 atom stereocenters. The number of carbonyl (C=O) groups is 1. The highest BCUT2D eigenvalue weighted by Crippen LogP contribution is 2.22. The second-order valence-electron chi connectivity index (χ2n) is 5.01. The molecule has 4 rings (SSSR count). The molecule has 0 saturated carbocycles. The molecule has 2 heterocycles. The van der Waals surface area contributed by atoms with Crippen LogP contribution in [0.5, 0.6) is 0 Å². The molecule has 0 fully saturated rings. The lowest BCUT2D eigenvalue weighted by atomic mass is 10.2. The zero-order valence-electron chi connectivity index (χ0n) is 12.0. The van der Waals surface area contributed by atoms with E-state index in [4.69, 9.17) is 0 Å². The molecule has 0 spiro atoms. The number of hydrogen-bond acceptors (Lipinski definition) is 4. The largest absolute Gasteiger partial charge is 0.319 e. The van der Waals surface area contributed by atoms with Crippen LogP contribution in [0.1, 0.15) is 10.4 Å². The summed E-state index contributed by atoms with van der Waals surface area (Å²) in [5, 5.41) is 0. The van der Waals surface area contributed by atoms with Crippen LogP contribution < -0.4 is 4.80 Å². The SMILES string of the molecule is Cn1c(=NC(=O)c2ccc3ncsc3c2)sc2cc(Br)ccc21. The van der Waals surface area contributed by atoms with Crippen LogP contribution in [0.15, 0.2) is 51.4 Å². The maximum absolute atomic E-state index is 12.5. The first kappa shape index (κ1) is 14.7. The molecule has 2 aromatic carbocycles. The van der Waals surface area contributed by atoms with Crippen LogP contribution in [0.25, 0.3) is 20.4 Å². The van der Waals surface area contributed by atoms with E-state index in [2.05, 4.69) is 25.9 Å². The summed E-state index contributed by atoms with van der Waals surface area (Å²) < 4.78 is 5.04. The van der Waals surface area contributed by atoms with E-state index in [-0.39, 0.29) is 5.91 Å². The highest BCUT2D eigenvalue weighted by Gasteiger charge is 2.09. The van der Waals surface area contributed by atoms with Crippen molar-refractivity contribution in [1.29, 1.82) is 0 Å². The van der Waals surface area contributed by atoms with Crippen LogP contribution in [0.3, 0.4) is 0 Å². The van der Waals surface area contributed by atoms with Crippen molar-refractivity contribution in [2.75, 3.05) is 0 Å². The molecule has 0 aliphatic heterocycles. The van der Waals surface area contributed by atoms with Gasteiger partial charge in [-0.2, -0.15) is 4.99 Å². The van der Waals surface area contributed by atoms with Crippen LogP contribution in [0, 0.1) is 0 Å². The lowest BCUT2D eigenvalue weighted by molar-refractivity contribution is 0.0998. The number of fused-ring (bicyclic) bond motifs is 2. The summed E-state index contributed by atoms with van der Waals surface area (Å²) in [6.07, 6.45) is 0. The molecule has 0 aliphatic carbocycles. The van der Waals surface area contributed by atoms with Gasteiger partial charge in [-0.25, -0.2) is 4.98 Å². The van der Waals surface area contributed by atoms with Gasteiger partial charge in [0.1, 0.15) is 0 Å². The first-order valence-electron chi connectivity index (χ1n) is 6.79. The number of halogens is 1. The predicted molar refractivity (Wildman–Crippen MR) is 98.0 cm³/mol. The predicted octanol–water partition coefficient (Wildman–Crippen LogP) is 4.35. The van der Waals surface area contributed by atoms with Gasteiger partial charge in [0.2, 0.25) is 0 Å². The third-order valence-corrected chi connectivity index (χ3v) is 5.93. The molecule has 114 valence electrons. The molecule has 23 heavy (non-hydrogen) atoms. The summed E-state index contributed by atoms with van der Waals surface area (Å²) in [4.78, 5) is 21.7. The lowest BCUT2D eigenvalue weighted by Crippen LogP contribution is -2.13. The highest BCUT2D eigenvalue weighted by atomic mass is 79.9. The summed E-state index contributed by atoms with van der Waals surface area (Å²) in [6, 6.07) is 11.5. The fourth-order valence-corrected chi connectivity index (χ4v) is 4.64. The van der Waals surface area contributed by atoms with E-state index in [1.165, 1.54) is 22.7 Å². The van der Waals surface area contributed by atoms with Crippen molar-refractivity contribution in [3.8, 4) is 0 Å². The van der Waals surface area contributed by atoms with Gasteiger partial charge in [0, 0.05) is 17.1 Å². The molecule has 0 bridgehead atoms. The Morgan fingerprint density at radius 1 is 1.22 bits per heavy atom. The molecular weight excluding hydrogens is 394 g/mol. The first-order valence-corrected chi connectivity index (χ1v) is 9.28. The number of nitrogens with zero attached hydrogens (tertiary/aromatic N) is 3. The number of aromatic nitrogens is 2. The third-order valence-electron chi connectivity index (χ3n) is 3.55. The third kappa shape index (κ3) is 2.65. The standard InChI is InChI=1S/C16H10BrN3OS2/c1-20-12-5-3-10(17)7-14(12)23-16(20)19-15(21)9-2-4-11-13(6-9)22-8-18-11/h2-8H,1H3. The Hall–Kier alpha value is -1.83. The smallest absolute Gasteiger partial charge is 0.279 e. The van der Waals surface area contributed by atoms with Gasteiger partial charge < -0.3 is 4.57 Å². The van der Waals surface area contributed by atoms with E-state index < -0.39 is 0 Å². The maximum Gasteiger partial charge on any atom is 0.279 e. The Morgan fingerprint density at radius 2 is 2.09 bits per heavy atom. The van der Waals surface area contributed by atoms with Gasteiger partial charge in [-0.3, -0.25) is 4.79 Å². The zero-order valence-corrected chi connectivity index (χ0v) is 15.2. The minimum Gasteiger partial charge on any atom is -0.319 e. The van der Waals surface area contributed by atoms with Crippen molar-refractivity contribution in [2.45, 2.75) is 0 Å². The number of aryl methyl sites for hydroxylation is 1. The minimum atomic E-state index is -0.235. The summed E-state index contributed by atoms with van der Waals surface area (Å²) >= 11 is 6.49. The second-order valence-corrected chi connectivity index (χ2v) is 7.82. The molecule has 0 radical (unpaired) electrons. The molecule has 1 amide bonds. The second kappa shape index (κ2) is 5.67. The van der Waals surface area contributed by atoms with Gasteiger partial charge in [0.15, 0.2) is 4.80 Å².